The van der Waals surface area contributed by atoms with Crippen LogP contribution in [0.4, 0.5) is 0 Å². The fourth-order valence-corrected chi connectivity index (χ4v) is 2.47. The van der Waals surface area contributed by atoms with Crippen molar-refractivity contribution in [2.24, 2.45) is 11.8 Å². The van der Waals surface area contributed by atoms with Crippen LogP contribution in [-0.4, -0.2) is 19.5 Å². The summed E-state index contributed by atoms with van der Waals surface area (Å²) in [5, 5.41) is 0. The van der Waals surface area contributed by atoms with E-state index in [0.29, 0.717) is 0 Å². The fraction of sp³-hybridized carbons (Fsp3) is 0.846. The summed E-state index contributed by atoms with van der Waals surface area (Å²) in [6.07, 6.45) is 7.28. The fourth-order valence-electron chi connectivity index (χ4n) is 2.47. The third kappa shape index (κ3) is 3.05. The zero-order valence-corrected chi connectivity index (χ0v) is 9.87. The molecule has 2 aliphatic rings. The minimum absolute atomic E-state index is 0.0376. The third-order valence-corrected chi connectivity index (χ3v) is 3.59. The normalized spacial score (nSPS) is 30.9. The minimum atomic E-state index is 0.0376. The molecule has 2 heteroatoms. The molecule has 0 N–H and O–H groups in total. The molecule has 0 spiro atoms. The molecule has 1 aliphatic carbocycles. The Hall–Kier alpha value is -0.340. The Labute approximate surface area is 92.6 Å². The Morgan fingerprint density at radius 1 is 1.33 bits per heavy atom. The smallest absolute Gasteiger partial charge is 0.161 e. The molecule has 0 aromatic rings. The molecule has 0 radical (unpaired) electrons. The number of allylic oxidation sites excluding steroid dienone is 1. The highest BCUT2D eigenvalue weighted by molar-refractivity contribution is 5.08. The van der Waals surface area contributed by atoms with E-state index in [1.54, 1.807) is 5.57 Å². The van der Waals surface area contributed by atoms with E-state index < -0.39 is 0 Å². The highest BCUT2D eigenvalue weighted by Crippen LogP contribution is 2.35. The topological polar surface area (TPSA) is 18.5 Å². The highest BCUT2D eigenvalue weighted by atomic mass is 16.7. The van der Waals surface area contributed by atoms with E-state index in [-0.39, 0.29) is 6.29 Å². The van der Waals surface area contributed by atoms with Crippen LogP contribution in [-0.2, 0) is 9.47 Å². The van der Waals surface area contributed by atoms with Crippen LogP contribution in [0.15, 0.2) is 11.6 Å². The molecule has 1 heterocycles. The van der Waals surface area contributed by atoms with Crippen molar-refractivity contribution in [1.82, 2.24) is 0 Å². The lowest BCUT2D eigenvalue weighted by molar-refractivity contribution is -0.0381. The average Bonchev–Trinajstić information content (AvgIpc) is 2.86. The maximum Gasteiger partial charge on any atom is 0.161 e. The molecular weight excluding hydrogens is 188 g/mol. The molecule has 1 unspecified atom stereocenters. The maximum absolute atomic E-state index is 5.42. The molecule has 1 saturated heterocycles. The molecule has 15 heavy (non-hydrogen) atoms. The Morgan fingerprint density at radius 2 is 2.07 bits per heavy atom. The summed E-state index contributed by atoms with van der Waals surface area (Å²) in [6, 6.07) is 0. The number of rotatable bonds is 3. The lowest BCUT2D eigenvalue weighted by Crippen LogP contribution is -2.05. The van der Waals surface area contributed by atoms with Gasteiger partial charge >= 0.3 is 0 Å². The molecule has 0 bridgehead atoms. The van der Waals surface area contributed by atoms with E-state index in [2.05, 4.69) is 19.9 Å². The van der Waals surface area contributed by atoms with Gasteiger partial charge in [0.25, 0.3) is 0 Å². The van der Waals surface area contributed by atoms with Crippen LogP contribution in [0, 0.1) is 11.8 Å². The van der Waals surface area contributed by atoms with Gasteiger partial charge in [-0.3, -0.25) is 0 Å². The van der Waals surface area contributed by atoms with Gasteiger partial charge in [0, 0.05) is 6.42 Å². The summed E-state index contributed by atoms with van der Waals surface area (Å²) in [4.78, 5) is 0. The molecule has 2 fully saturated rings. The van der Waals surface area contributed by atoms with Gasteiger partial charge in [-0.2, -0.15) is 0 Å². The van der Waals surface area contributed by atoms with Crippen molar-refractivity contribution in [2.45, 2.75) is 45.8 Å². The van der Waals surface area contributed by atoms with Crippen LogP contribution in [0.2, 0.25) is 0 Å². The standard InChI is InChI=1S/C13H22O2/c1-10(2)12-5-3-11(9-12)4-6-13-14-7-8-15-13/h4,10,12-13H,3,5-9H2,1-2H3. The van der Waals surface area contributed by atoms with E-state index in [1.165, 1.54) is 19.3 Å². The number of hydrogen-bond acceptors (Lipinski definition) is 2. The number of hydrogen-bond donors (Lipinski definition) is 0. The van der Waals surface area contributed by atoms with Crippen LogP contribution in [0.1, 0.15) is 39.5 Å². The van der Waals surface area contributed by atoms with Crippen LogP contribution in [0.3, 0.4) is 0 Å². The average molecular weight is 210 g/mol. The largest absolute Gasteiger partial charge is 0.350 e. The van der Waals surface area contributed by atoms with Gasteiger partial charge in [0.2, 0.25) is 0 Å². The summed E-state index contributed by atoms with van der Waals surface area (Å²) in [6.45, 7) is 6.19. The third-order valence-electron chi connectivity index (χ3n) is 3.59. The van der Waals surface area contributed by atoms with E-state index in [9.17, 15) is 0 Å². The van der Waals surface area contributed by atoms with Crippen LogP contribution >= 0.6 is 0 Å². The minimum Gasteiger partial charge on any atom is -0.350 e. The lowest BCUT2D eigenvalue weighted by Gasteiger charge is -2.12. The maximum atomic E-state index is 5.42. The zero-order valence-electron chi connectivity index (χ0n) is 9.87. The second kappa shape index (κ2) is 5.13. The SMILES string of the molecule is CC(C)C1CCC(=CCC2OCCO2)C1. The second-order valence-corrected chi connectivity index (χ2v) is 5.02. The van der Waals surface area contributed by atoms with Crippen molar-refractivity contribution in [3.8, 4) is 0 Å². The van der Waals surface area contributed by atoms with E-state index in [0.717, 1.165) is 31.5 Å². The van der Waals surface area contributed by atoms with Gasteiger partial charge in [0.15, 0.2) is 6.29 Å². The molecule has 0 aromatic carbocycles. The zero-order chi connectivity index (χ0) is 10.7. The first-order valence-corrected chi connectivity index (χ1v) is 6.17. The number of ether oxygens (including phenoxy) is 2. The van der Waals surface area contributed by atoms with E-state index >= 15 is 0 Å². The Kier molecular flexibility index (Phi) is 3.81. The van der Waals surface area contributed by atoms with Crippen molar-refractivity contribution in [3.05, 3.63) is 11.6 Å². The van der Waals surface area contributed by atoms with Gasteiger partial charge in [0.1, 0.15) is 0 Å². The molecule has 1 atom stereocenters. The first-order valence-electron chi connectivity index (χ1n) is 6.17. The van der Waals surface area contributed by atoms with Gasteiger partial charge in [-0.25, -0.2) is 0 Å². The molecule has 0 amide bonds. The Morgan fingerprint density at radius 3 is 2.67 bits per heavy atom. The molecule has 1 aliphatic heterocycles. The van der Waals surface area contributed by atoms with Crippen LogP contribution < -0.4 is 0 Å². The van der Waals surface area contributed by atoms with Gasteiger partial charge in [-0.05, 0) is 31.1 Å². The second-order valence-electron chi connectivity index (χ2n) is 5.02. The predicted octanol–water partition coefficient (Wildman–Crippen LogP) is 3.13. The first kappa shape index (κ1) is 11.2. The summed E-state index contributed by atoms with van der Waals surface area (Å²) in [5.41, 5.74) is 1.62. The summed E-state index contributed by atoms with van der Waals surface area (Å²) in [5.74, 6) is 1.73. The summed E-state index contributed by atoms with van der Waals surface area (Å²) in [7, 11) is 0. The highest BCUT2D eigenvalue weighted by Gasteiger charge is 2.22. The summed E-state index contributed by atoms with van der Waals surface area (Å²) >= 11 is 0. The summed E-state index contributed by atoms with van der Waals surface area (Å²) < 4.78 is 10.8. The molecule has 2 rings (SSSR count). The Bertz CT molecular complexity index is 227. The van der Waals surface area contributed by atoms with Gasteiger partial charge in [-0.1, -0.05) is 25.5 Å². The van der Waals surface area contributed by atoms with E-state index in [4.69, 9.17) is 9.47 Å². The first-order chi connectivity index (χ1) is 7.25. The van der Waals surface area contributed by atoms with Crippen molar-refractivity contribution >= 4 is 0 Å². The van der Waals surface area contributed by atoms with Gasteiger partial charge in [0.05, 0.1) is 13.2 Å². The Balaban J connectivity index is 1.77. The quantitative estimate of drug-likeness (QED) is 0.666. The van der Waals surface area contributed by atoms with Gasteiger partial charge < -0.3 is 9.47 Å². The van der Waals surface area contributed by atoms with Crippen molar-refractivity contribution < 1.29 is 9.47 Å². The monoisotopic (exact) mass is 210 g/mol. The predicted molar refractivity (Wildman–Crippen MR) is 60.6 cm³/mol. The molecule has 2 nitrogen and oxygen atoms in total. The molecule has 86 valence electrons. The van der Waals surface area contributed by atoms with Crippen molar-refractivity contribution in [3.63, 3.8) is 0 Å². The lowest BCUT2D eigenvalue weighted by atomic mass is 9.94. The van der Waals surface area contributed by atoms with Crippen molar-refractivity contribution in [2.75, 3.05) is 13.2 Å². The molecule has 1 saturated carbocycles. The molecule has 0 aromatic heterocycles. The van der Waals surface area contributed by atoms with Crippen molar-refractivity contribution in [1.29, 1.82) is 0 Å². The molecular formula is C13H22O2. The van der Waals surface area contributed by atoms with Crippen LogP contribution in [0.25, 0.3) is 0 Å². The van der Waals surface area contributed by atoms with E-state index in [1.807, 2.05) is 0 Å². The van der Waals surface area contributed by atoms with Crippen LogP contribution in [0.5, 0.6) is 0 Å². The van der Waals surface area contributed by atoms with Gasteiger partial charge in [-0.15, -0.1) is 0 Å².